The van der Waals surface area contributed by atoms with Crippen LogP contribution in [0.2, 0.25) is 0 Å². The van der Waals surface area contributed by atoms with Crippen LogP contribution >= 0.6 is 0 Å². The predicted octanol–water partition coefficient (Wildman–Crippen LogP) is 4.25. The molecule has 6 heteroatoms. The van der Waals surface area contributed by atoms with E-state index in [1.165, 1.54) is 0 Å². The number of amides is 1. The van der Waals surface area contributed by atoms with Gasteiger partial charge in [0.05, 0.1) is 11.3 Å². The number of nitrogens with zero attached hydrogens (tertiary/aromatic N) is 2. The van der Waals surface area contributed by atoms with Crippen molar-refractivity contribution in [2.75, 3.05) is 18.1 Å². The summed E-state index contributed by atoms with van der Waals surface area (Å²) in [5.74, 6) is 0.430. The molecule has 2 aromatic carbocycles. The molecule has 0 radical (unpaired) electrons. The number of ether oxygens (including phenoxy) is 1. The number of aromatic nitrogens is 1. The summed E-state index contributed by atoms with van der Waals surface area (Å²) in [4.78, 5) is 19.2. The van der Waals surface area contributed by atoms with Crippen molar-refractivity contribution >= 4 is 11.6 Å². The van der Waals surface area contributed by atoms with Crippen molar-refractivity contribution in [3.8, 4) is 28.3 Å². The fourth-order valence-electron chi connectivity index (χ4n) is 5.13. The molecule has 1 aromatic heterocycles. The molecule has 1 aliphatic carbocycles. The molecule has 1 saturated carbocycles. The summed E-state index contributed by atoms with van der Waals surface area (Å²) in [6.07, 6.45) is 1.93. The highest BCUT2D eigenvalue weighted by atomic mass is 16.5. The Balaban J connectivity index is 1.59. The molecule has 3 aromatic rings. The first-order valence-electron chi connectivity index (χ1n) is 11.5. The quantitative estimate of drug-likeness (QED) is 0.615. The van der Waals surface area contributed by atoms with Crippen LogP contribution in [0.5, 0.6) is 5.88 Å². The molecule has 170 valence electrons. The second-order valence-corrected chi connectivity index (χ2v) is 9.49. The lowest BCUT2D eigenvalue weighted by atomic mass is 9.63. The highest BCUT2D eigenvalue weighted by Gasteiger charge is 2.49. The minimum absolute atomic E-state index is 0.00131. The third-order valence-corrected chi connectivity index (χ3v) is 6.55. The molecule has 33 heavy (non-hydrogen) atoms. The van der Waals surface area contributed by atoms with Crippen molar-refractivity contribution in [1.82, 2.24) is 4.98 Å². The zero-order valence-electron chi connectivity index (χ0n) is 19.0. The lowest BCUT2D eigenvalue weighted by molar-refractivity contribution is -0.121. The van der Waals surface area contributed by atoms with Crippen LogP contribution < -0.4 is 15.4 Å². The van der Waals surface area contributed by atoms with E-state index in [0.29, 0.717) is 31.0 Å². The number of hydrogen-bond donors (Lipinski definition) is 2. The van der Waals surface area contributed by atoms with Gasteiger partial charge in [-0.1, -0.05) is 61.5 Å². The van der Waals surface area contributed by atoms with Gasteiger partial charge >= 0.3 is 0 Å². The molecule has 6 nitrogen and oxygen atoms in total. The average Bonchev–Trinajstić information content (AvgIpc) is 2.79. The van der Waals surface area contributed by atoms with E-state index in [-0.39, 0.29) is 12.5 Å². The van der Waals surface area contributed by atoms with Gasteiger partial charge in [-0.2, -0.15) is 0 Å². The Bertz CT molecular complexity index is 1180. The van der Waals surface area contributed by atoms with Gasteiger partial charge in [0, 0.05) is 23.2 Å². The van der Waals surface area contributed by atoms with Gasteiger partial charge in [0.1, 0.15) is 5.69 Å². The van der Waals surface area contributed by atoms with Crippen LogP contribution in [0.25, 0.3) is 22.4 Å². The third-order valence-electron chi connectivity index (χ3n) is 6.55. The third kappa shape index (κ3) is 3.90. The van der Waals surface area contributed by atoms with Crippen LogP contribution in [0, 0.1) is 0 Å². The zero-order valence-corrected chi connectivity index (χ0v) is 19.0. The summed E-state index contributed by atoms with van der Waals surface area (Å²) >= 11 is 0. The minimum Gasteiger partial charge on any atom is -0.466 e. The second kappa shape index (κ2) is 7.97. The Morgan fingerprint density at radius 1 is 1.09 bits per heavy atom. The van der Waals surface area contributed by atoms with Gasteiger partial charge in [-0.15, -0.1) is 0 Å². The Hall–Kier alpha value is -3.22. The standard InChI is InChI=1S/C27H29N3O3/c1-3-13-30-22-14-21(18-7-5-4-6-8-18)24(29-25(22)33-15-23(30)31)19-9-11-20(12-10-19)27(28)16-26(2,32)17-27/h4-12,14,32H,3,13,15-17,28H2,1-2H3/t26-,27-. The molecule has 5 rings (SSSR count). The number of benzene rings is 2. The molecule has 0 atom stereocenters. The van der Waals surface area contributed by atoms with E-state index in [2.05, 4.69) is 6.92 Å². The molecule has 1 aliphatic heterocycles. The molecule has 0 saturated heterocycles. The molecule has 0 bridgehead atoms. The van der Waals surface area contributed by atoms with Crippen molar-refractivity contribution < 1.29 is 14.6 Å². The lowest BCUT2D eigenvalue weighted by Crippen LogP contribution is -2.58. The number of anilines is 1. The number of rotatable bonds is 5. The molecule has 1 amide bonds. The number of nitrogens with two attached hydrogens (primary N) is 1. The first-order chi connectivity index (χ1) is 15.8. The van der Waals surface area contributed by atoms with Crippen molar-refractivity contribution in [2.45, 2.75) is 44.2 Å². The van der Waals surface area contributed by atoms with Gasteiger partial charge in [0.25, 0.3) is 5.91 Å². The van der Waals surface area contributed by atoms with Gasteiger partial charge < -0.3 is 20.5 Å². The highest BCUT2D eigenvalue weighted by molar-refractivity contribution is 5.99. The zero-order chi connectivity index (χ0) is 23.2. The maximum absolute atomic E-state index is 12.5. The summed E-state index contributed by atoms with van der Waals surface area (Å²) in [7, 11) is 0. The van der Waals surface area contributed by atoms with Gasteiger partial charge in [0.15, 0.2) is 6.61 Å². The van der Waals surface area contributed by atoms with Crippen molar-refractivity contribution in [3.63, 3.8) is 0 Å². The molecule has 2 heterocycles. The van der Waals surface area contributed by atoms with Gasteiger partial charge in [-0.3, -0.25) is 4.79 Å². The van der Waals surface area contributed by atoms with Gasteiger partial charge in [-0.25, -0.2) is 4.98 Å². The number of carbonyl (C=O) groups is 1. The molecule has 0 spiro atoms. The van der Waals surface area contributed by atoms with E-state index < -0.39 is 11.1 Å². The average molecular weight is 444 g/mol. The number of hydrogen-bond acceptors (Lipinski definition) is 5. The lowest BCUT2D eigenvalue weighted by Gasteiger charge is -2.49. The van der Waals surface area contributed by atoms with Crippen molar-refractivity contribution in [1.29, 1.82) is 0 Å². The summed E-state index contributed by atoms with van der Waals surface area (Å²) in [6, 6.07) is 20.2. The maximum Gasteiger partial charge on any atom is 0.265 e. The van der Waals surface area contributed by atoms with Gasteiger partial charge in [0.2, 0.25) is 5.88 Å². The predicted molar refractivity (Wildman–Crippen MR) is 129 cm³/mol. The van der Waals surface area contributed by atoms with E-state index in [1.54, 1.807) is 4.90 Å². The van der Waals surface area contributed by atoms with Crippen LogP contribution in [0.4, 0.5) is 5.69 Å². The van der Waals surface area contributed by atoms with Crippen LogP contribution in [0.3, 0.4) is 0 Å². The maximum atomic E-state index is 12.5. The second-order valence-electron chi connectivity index (χ2n) is 9.49. The summed E-state index contributed by atoms with van der Waals surface area (Å²) < 4.78 is 5.74. The number of carbonyl (C=O) groups excluding carboxylic acids is 1. The Labute approximate surface area is 194 Å². The Morgan fingerprint density at radius 3 is 2.42 bits per heavy atom. The van der Waals surface area contributed by atoms with E-state index in [0.717, 1.165) is 34.4 Å². The fourth-order valence-corrected chi connectivity index (χ4v) is 5.13. The minimum atomic E-state index is -0.701. The fraction of sp³-hybridized carbons (Fsp3) is 0.333. The molecule has 2 aliphatic rings. The molecule has 1 fully saturated rings. The molecule has 3 N–H and O–H groups in total. The molecule has 0 unspecified atom stereocenters. The van der Waals surface area contributed by atoms with Crippen molar-refractivity contribution in [2.24, 2.45) is 5.73 Å². The molecular weight excluding hydrogens is 414 g/mol. The number of fused-ring (bicyclic) bond motifs is 1. The molecular formula is C27H29N3O3. The van der Waals surface area contributed by atoms with E-state index in [4.69, 9.17) is 15.5 Å². The largest absolute Gasteiger partial charge is 0.466 e. The van der Waals surface area contributed by atoms with Crippen LogP contribution in [-0.2, 0) is 10.3 Å². The van der Waals surface area contributed by atoms with E-state index in [9.17, 15) is 9.90 Å². The summed E-state index contributed by atoms with van der Waals surface area (Å²) in [6.45, 7) is 4.50. The van der Waals surface area contributed by atoms with E-state index >= 15 is 0 Å². The Kier molecular flexibility index (Phi) is 5.22. The van der Waals surface area contributed by atoms with E-state index in [1.807, 2.05) is 67.6 Å². The van der Waals surface area contributed by atoms with Crippen LogP contribution in [-0.4, -0.2) is 34.8 Å². The topological polar surface area (TPSA) is 88.7 Å². The van der Waals surface area contributed by atoms with Crippen LogP contribution in [0.1, 0.15) is 38.7 Å². The summed E-state index contributed by atoms with van der Waals surface area (Å²) in [5.41, 5.74) is 10.7. The normalized spacial score (nSPS) is 24.1. The number of pyridine rings is 1. The monoisotopic (exact) mass is 443 g/mol. The first-order valence-corrected chi connectivity index (χ1v) is 11.5. The summed E-state index contributed by atoms with van der Waals surface area (Å²) in [5, 5.41) is 10.2. The SMILES string of the molecule is CCCN1C(=O)COc2nc(-c3ccc([C@]4(N)C[C@](C)(O)C4)cc3)c(-c3ccccc3)cc21. The van der Waals surface area contributed by atoms with Gasteiger partial charge in [-0.05, 0) is 43.4 Å². The number of aliphatic hydroxyl groups is 1. The smallest absolute Gasteiger partial charge is 0.265 e. The highest BCUT2D eigenvalue weighted by Crippen LogP contribution is 2.47. The van der Waals surface area contributed by atoms with Crippen molar-refractivity contribution in [3.05, 3.63) is 66.2 Å². The Morgan fingerprint density at radius 2 is 1.79 bits per heavy atom. The first kappa shape index (κ1) is 21.6. The van der Waals surface area contributed by atoms with Crippen LogP contribution in [0.15, 0.2) is 60.7 Å².